The van der Waals surface area contributed by atoms with Crippen molar-refractivity contribution < 1.29 is 17.6 Å². The van der Waals surface area contributed by atoms with E-state index in [0.29, 0.717) is 11.5 Å². The van der Waals surface area contributed by atoms with Gasteiger partial charge >= 0.3 is 0 Å². The molecule has 1 aliphatic carbocycles. The van der Waals surface area contributed by atoms with Crippen LogP contribution in [0.1, 0.15) is 48.3 Å². The highest BCUT2D eigenvalue weighted by Gasteiger charge is 2.22. The summed E-state index contributed by atoms with van der Waals surface area (Å²) in [4.78, 5) is 0. The van der Waals surface area contributed by atoms with E-state index in [2.05, 4.69) is 18.4 Å². The van der Waals surface area contributed by atoms with Gasteiger partial charge in [-0.2, -0.15) is 0 Å². The van der Waals surface area contributed by atoms with E-state index in [-0.39, 0.29) is 17.0 Å². The van der Waals surface area contributed by atoms with Gasteiger partial charge in [-0.3, -0.25) is 0 Å². The molecule has 0 radical (unpaired) electrons. The zero-order chi connectivity index (χ0) is 18.7. The Morgan fingerprint density at radius 3 is 2.04 bits per heavy atom. The molecule has 1 aliphatic rings. The molecule has 0 atom stereocenters. The highest BCUT2D eigenvalue weighted by Crippen LogP contribution is 2.37. The Morgan fingerprint density at radius 1 is 0.808 bits per heavy atom. The molecule has 0 N–H and O–H groups in total. The Morgan fingerprint density at radius 2 is 1.46 bits per heavy atom. The highest BCUT2D eigenvalue weighted by molar-refractivity contribution is 5.45. The van der Waals surface area contributed by atoms with Crippen LogP contribution in [0.3, 0.4) is 0 Å². The summed E-state index contributed by atoms with van der Waals surface area (Å²) in [7, 11) is 0. The molecule has 1 fully saturated rings. The van der Waals surface area contributed by atoms with Gasteiger partial charge in [-0.15, -0.1) is 6.58 Å². The Kier molecular flexibility index (Phi) is 5.46. The molecule has 0 heterocycles. The van der Waals surface area contributed by atoms with Crippen LogP contribution in [-0.2, 0) is 0 Å². The van der Waals surface area contributed by atoms with E-state index in [1.165, 1.54) is 18.2 Å². The van der Waals surface area contributed by atoms with E-state index in [4.69, 9.17) is 0 Å². The highest BCUT2D eigenvalue weighted by atomic mass is 19.2. The molecule has 0 aromatic heterocycles. The van der Waals surface area contributed by atoms with E-state index in [1.54, 1.807) is 0 Å². The van der Waals surface area contributed by atoms with Crippen molar-refractivity contribution in [3.05, 3.63) is 82.9 Å². The molecule has 3 rings (SSSR count). The van der Waals surface area contributed by atoms with Crippen LogP contribution in [0.2, 0.25) is 0 Å². The van der Waals surface area contributed by atoms with Gasteiger partial charge in [-0.1, -0.05) is 17.9 Å². The topological polar surface area (TPSA) is 0 Å². The van der Waals surface area contributed by atoms with Gasteiger partial charge in [0.1, 0.15) is 11.6 Å². The zero-order valence-corrected chi connectivity index (χ0v) is 14.2. The molecule has 0 unspecified atom stereocenters. The Labute approximate surface area is 150 Å². The fourth-order valence-corrected chi connectivity index (χ4v) is 3.34. The summed E-state index contributed by atoms with van der Waals surface area (Å²) in [6, 6.07) is 5.74. The van der Waals surface area contributed by atoms with Crippen molar-refractivity contribution in [1.82, 2.24) is 0 Å². The first kappa shape index (κ1) is 18.3. The van der Waals surface area contributed by atoms with Crippen LogP contribution in [0.4, 0.5) is 17.6 Å². The number of rotatable bonds is 2. The van der Waals surface area contributed by atoms with E-state index < -0.39 is 23.3 Å². The first-order valence-corrected chi connectivity index (χ1v) is 8.56. The third-order valence-corrected chi connectivity index (χ3v) is 4.89. The predicted octanol–water partition coefficient (Wildman–Crippen LogP) is 6.10. The molecule has 1 saturated carbocycles. The normalized spacial score (nSPS) is 19.5. The maximum absolute atomic E-state index is 14.4. The smallest absolute Gasteiger partial charge is 0.160 e. The predicted molar refractivity (Wildman–Crippen MR) is 93.6 cm³/mol. The SMILES string of the molecule is C=CC1CCC(c2cc(F)c(C#Cc3ccc(F)c(F)c3)c(F)c2)CC1. The zero-order valence-electron chi connectivity index (χ0n) is 14.2. The average Bonchev–Trinajstić information content (AvgIpc) is 2.64. The second kappa shape index (κ2) is 7.78. The molecule has 0 spiro atoms. The van der Waals surface area contributed by atoms with Crippen LogP contribution >= 0.6 is 0 Å². The van der Waals surface area contributed by atoms with Crippen molar-refractivity contribution in [3.8, 4) is 11.8 Å². The lowest BCUT2D eigenvalue weighted by Gasteiger charge is -2.27. The van der Waals surface area contributed by atoms with Gasteiger partial charge in [0.25, 0.3) is 0 Å². The summed E-state index contributed by atoms with van der Waals surface area (Å²) in [5.41, 5.74) is 0.425. The van der Waals surface area contributed by atoms with Crippen LogP contribution in [0, 0.1) is 41.0 Å². The monoisotopic (exact) mass is 358 g/mol. The molecule has 4 heteroatoms. The fourth-order valence-electron chi connectivity index (χ4n) is 3.34. The number of hydrogen-bond donors (Lipinski definition) is 0. The third kappa shape index (κ3) is 3.99. The second-order valence-electron chi connectivity index (χ2n) is 6.59. The van der Waals surface area contributed by atoms with Crippen LogP contribution in [-0.4, -0.2) is 0 Å². The molecule has 0 saturated heterocycles. The minimum Gasteiger partial charge on any atom is -0.206 e. The molecule has 134 valence electrons. The van der Waals surface area contributed by atoms with E-state index in [0.717, 1.165) is 37.8 Å². The fraction of sp³-hybridized carbons (Fsp3) is 0.273. The summed E-state index contributed by atoms with van der Waals surface area (Å²) in [6.07, 6.45) is 5.61. The molecular weight excluding hydrogens is 340 g/mol. The lowest BCUT2D eigenvalue weighted by molar-refractivity contribution is 0.374. The van der Waals surface area contributed by atoms with E-state index in [1.807, 2.05) is 6.08 Å². The molecule has 0 aliphatic heterocycles. The Bertz CT molecular complexity index is 858. The second-order valence-corrected chi connectivity index (χ2v) is 6.59. The Hall–Kier alpha value is -2.54. The van der Waals surface area contributed by atoms with E-state index >= 15 is 0 Å². The van der Waals surface area contributed by atoms with Gasteiger partial charge in [0.15, 0.2) is 11.6 Å². The summed E-state index contributed by atoms with van der Waals surface area (Å²) >= 11 is 0. The Balaban J connectivity index is 1.83. The lowest BCUT2D eigenvalue weighted by atomic mass is 9.78. The summed E-state index contributed by atoms with van der Waals surface area (Å²) in [6.45, 7) is 3.80. The number of benzene rings is 2. The largest absolute Gasteiger partial charge is 0.206 e. The van der Waals surface area contributed by atoms with Crippen LogP contribution in [0.25, 0.3) is 0 Å². The van der Waals surface area contributed by atoms with Crippen LogP contribution in [0.15, 0.2) is 43.0 Å². The van der Waals surface area contributed by atoms with Crippen LogP contribution in [0.5, 0.6) is 0 Å². The summed E-state index contributed by atoms with van der Waals surface area (Å²) in [5, 5.41) is 0. The first-order valence-electron chi connectivity index (χ1n) is 8.56. The summed E-state index contributed by atoms with van der Waals surface area (Å²) in [5.74, 6) is 1.95. The number of halogens is 4. The summed E-state index contributed by atoms with van der Waals surface area (Å²) < 4.78 is 54.8. The van der Waals surface area contributed by atoms with Gasteiger partial charge in [-0.05, 0) is 73.4 Å². The molecule has 26 heavy (non-hydrogen) atoms. The molecule has 2 aromatic carbocycles. The van der Waals surface area contributed by atoms with Crippen molar-refractivity contribution >= 4 is 0 Å². The van der Waals surface area contributed by atoms with Gasteiger partial charge in [0.2, 0.25) is 0 Å². The van der Waals surface area contributed by atoms with Gasteiger partial charge in [0, 0.05) is 5.56 Å². The van der Waals surface area contributed by atoms with Crippen molar-refractivity contribution in [1.29, 1.82) is 0 Å². The third-order valence-electron chi connectivity index (χ3n) is 4.89. The quantitative estimate of drug-likeness (QED) is 0.345. The van der Waals surface area contributed by atoms with Crippen LogP contribution < -0.4 is 0 Å². The molecule has 0 nitrogen and oxygen atoms in total. The standard InChI is InChI=1S/C22H18F4/c1-2-14-3-7-16(8-4-14)17-12-20(24)18(21(25)13-17)9-5-15-6-10-19(23)22(26)11-15/h2,6,10-14,16H,1,3-4,7-8H2. The maximum atomic E-state index is 14.4. The van der Waals surface area contributed by atoms with Gasteiger partial charge in [-0.25, -0.2) is 17.6 Å². The minimum atomic E-state index is -1.05. The maximum Gasteiger partial charge on any atom is 0.160 e. The van der Waals surface area contributed by atoms with Crippen molar-refractivity contribution in [2.45, 2.75) is 31.6 Å². The number of allylic oxidation sites excluding steroid dienone is 1. The molecular formula is C22H18F4. The molecule has 0 amide bonds. The van der Waals surface area contributed by atoms with E-state index in [9.17, 15) is 17.6 Å². The minimum absolute atomic E-state index is 0.128. The molecule has 2 aromatic rings. The van der Waals surface area contributed by atoms with Crippen molar-refractivity contribution in [2.75, 3.05) is 0 Å². The van der Waals surface area contributed by atoms with Gasteiger partial charge < -0.3 is 0 Å². The average molecular weight is 358 g/mol. The molecule has 0 bridgehead atoms. The number of hydrogen-bond acceptors (Lipinski definition) is 0. The lowest BCUT2D eigenvalue weighted by Crippen LogP contribution is -2.12. The van der Waals surface area contributed by atoms with Crippen molar-refractivity contribution in [2.24, 2.45) is 5.92 Å². The first-order chi connectivity index (χ1) is 12.5. The van der Waals surface area contributed by atoms with Crippen molar-refractivity contribution in [3.63, 3.8) is 0 Å². The van der Waals surface area contributed by atoms with Gasteiger partial charge in [0.05, 0.1) is 5.56 Å².